The third-order valence-corrected chi connectivity index (χ3v) is 4.32. The average Bonchev–Trinajstić information content (AvgIpc) is 3.11. The van der Waals surface area contributed by atoms with Crippen LogP contribution in [-0.2, 0) is 0 Å². The van der Waals surface area contributed by atoms with Crippen molar-refractivity contribution in [2.24, 2.45) is 11.8 Å². The van der Waals surface area contributed by atoms with Crippen molar-refractivity contribution in [2.75, 3.05) is 27.2 Å². The van der Waals surface area contributed by atoms with Crippen molar-refractivity contribution in [1.29, 1.82) is 0 Å². The van der Waals surface area contributed by atoms with Gasteiger partial charge in [0, 0.05) is 19.1 Å². The summed E-state index contributed by atoms with van der Waals surface area (Å²) >= 11 is 0. The Morgan fingerprint density at radius 3 is 2.38 bits per heavy atom. The highest BCUT2D eigenvalue weighted by atomic mass is 16.5. The van der Waals surface area contributed by atoms with E-state index in [1.54, 1.807) is 0 Å². The molecule has 3 atom stereocenters. The zero-order valence-electron chi connectivity index (χ0n) is 14.1. The monoisotopic (exact) mass is 290 g/mol. The second-order valence-electron chi connectivity index (χ2n) is 6.77. The molecule has 0 bridgehead atoms. The Labute approximate surface area is 129 Å². The Hall–Kier alpha value is -1.06. The first kappa shape index (κ1) is 16.3. The second kappa shape index (κ2) is 7.28. The van der Waals surface area contributed by atoms with Crippen LogP contribution in [0.2, 0.25) is 0 Å². The van der Waals surface area contributed by atoms with Gasteiger partial charge in [-0.1, -0.05) is 19.1 Å². The van der Waals surface area contributed by atoms with E-state index in [1.807, 2.05) is 7.05 Å². The molecule has 0 heterocycles. The maximum absolute atomic E-state index is 5.71. The number of nitrogens with one attached hydrogen (secondary N) is 1. The van der Waals surface area contributed by atoms with Crippen LogP contribution in [0.15, 0.2) is 24.3 Å². The number of ether oxygens (including phenoxy) is 1. The van der Waals surface area contributed by atoms with Crippen molar-refractivity contribution in [3.8, 4) is 5.75 Å². The minimum atomic E-state index is 0.225. The van der Waals surface area contributed by atoms with Gasteiger partial charge in [-0.2, -0.15) is 0 Å². The van der Waals surface area contributed by atoms with Crippen LogP contribution >= 0.6 is 0 Å². The van der Waals surface area contributed by atoms with Crippen LogP contribution in [0.3, 0.4) is 0 Å². The van der Waals surface area contributed by atoms with Crippen LogP contribution in [0.25, 0.3) is 0 Å². The number of hydrogen-bond donors (Lipinski definition) is 1. The molecule has 1 aliphatic carbocycles. The lowest BCUT2D eigenvalue weighted by Gasteiger charge is -2.24. The van der Waals surface area contributed by atoms with Crippen LogP contribution in [0.4, 0.5) is 0 Å². The summed E-state index contributed by atoms with van der Waals surface area (Å²) in [5.74, 6) is 2.78. The van der Waals surface area contributed by atoms with Crippen molar-refractivity contribution >= 4 is 0 Å². The van der Waals surface area contributed by atoms with E-state index in [-0.39, 0.29) is 6.10 Å². The zero-order valence-corrected chi connectivity index (χ0v) is 14.1. The largest absolute Gasteiger partial charge is 0.491 e. The molecule has 1 aromatic rings. The lowest BCUT2D eigenvalue weighted by molar-refractivity contribution is 0.242. The molecular formula is C18H30N2O. The summed E-state index contributed by atoms with van der Waals surface area (Å²) in [6.45, 7) is 8.72. The molecular weight excluding hydrogens is 260 g/mol. The molecule has 0 aliphatic heterocycles. The molecule has 1 saturated carbocycles. The molecule has 0 aromatic heterocycles. The summed E-state index contributed by atoms with van der Waals surface area (Å²) in [5, 5.41) is 3.43. The maximum Gasteiger partial charge on any atom is 0.119 e. The van der Waals surface area contributed by atoms with E-state index >= 15 is 0 Å². The molecule has 2 rings (SSSR count). The van der Waals surface area contributed by atoms with Crippen LogP contribution in [0.1, 0.15) is 38.8 Å². The van der Waals surface area contributed by atoms with Crippen molar-refractivity contribution in [2.45, 2.75) is 39.3 Å². The van der Waals surface area contributed by atoms with Gasteiger partial charge in [-0.25, -0.2) is 0 Å². The van der Waals surface area contributed by atoms with Gasteiger partial charge < -0.3 is 15.0 Å². The lowest BCUT2D eigenvalue weighted by Crippen LogP contribution is -2.32. The second-order valence-corrected chi connectivity index (χ2v) is 6.77. The highest BCUT2D eigenvalue weighted by Gasteiger charge is 2.33. The fourth-order valence-electron chi connectivity index (χ4n) is 2.85. The van der Waals surface area contributed by atoms with E-state index in [1.165, 1.54) is 18.5 Å². The van der Waals surface area contributed by atoms with E-state index in [2.05, 4.69) is 62.3 Å². The topological polar surface area (TPSA) is 24.5 Å². The molecule has 1 aliphatic rings. The Bertz CT molecular complexity index is 429. The SMILES string of the molecule is CNC(CN(C)CC1CC1C)c1ccc(OC(C)C)cc1. The Kier molecular flexibility index (Phi) is 5.65. The molecule has 21 heavy (non-hydrogen) atoms. The van der Waals surface area contributed by atoms with Crippen LogP contribution in [-0.4, -0.2) is 38.2 Å². The molecule has 0 amide bonds. The van der Waals surface area contributed by atoms with Crippen LogP contribution < -0.4 is 10.1 Å². The van der Waals surface area contributed by atoms with E-state index in [4.69, 9.17) is 4.74 Å². The first-order valence-corrected chi connectivity index (χ1v) is 8.12. The van der Waals surface area contributed by atoms with Crippen LogP contribution in [0.5, 0.6) is 5.75 Å². The van der Waals surface area contributed by atoms with Crippen molar-refractivity contribution in [3.63, 3.8) is 0 Å². The van der Waals surface area contributed by atoms with E-state index in [0.29, 0.717) is 6.04 Å². The molecule has 1 fully saturated rings. The van der Waals surface area contributed by atoms with Crippen molar-refractivity contribution in [1.82, 2.24) is 10.2 Å². The van der Waals surface area contributed by atoms with Gasteiger partial charge in [0.15, 0.2) is 0 Å². The smallest absolute Gasteiger partial charge is 0.119 e. The van der Waals surface area contributed by atoms with Gasteiger partial charge in [0.05, 0.1) is 6.10 Å². The third kappa shape index (κ3) is 5.01. The first-order valence-electron chi connectivity index (χ1n) is 8.12. The number of hydrogen-bond acceptors (Lipinski definition) is 3. The molecule has 118 valence electrons. The van der Waals surface area contributed by atoms with E-state index in [0.717, 1.165) is 24.1 Å². The van der Waals surface area contributed by atoms with Gasteiger partial charge in [0.1, 0.15) is 5.75 Å². The highest BCUT2D eigenvalue weighted by Crippen LogP contribution is 2.38. The summed E-state index contributed by atoms with van der Waals surface area (Å²) in [6, 6.07) is 8.86. The van der Waals surface area contributed by atoms with Gasteiger partial charge in [-0.3, -0.25) is 0 Å². The van der Waals surface area contributed by atoms with Gasteiger partial charge in [0.2, 0.25) is 0 Å². The fraction of sp³-hybridized carbons (Fsp3) is 0.667. The highest BCUT2D eigenvalue weighted by molar-refractivity contribution is 5.29. The molecule has 1 aromatic carbocycles. The summed E-state index contributed by atoms with van der Waals surface area (Å²) in [7, 11) is 4.27. The molecule has 1 N–H and O–H groups in total. The summed E-state index contributed by atoms with van der Waals surface area (Å²) in [5.41, 5.74) is 1.32. The third-order valence-electron chi connectivity index (χ3n) is 4.32. The van der Waals surface area contributed by atoms with Crippen molar-refractivity contribution < 1.29 is 4.74 Å². The molecule has 3 unspecified atom stereocenters. The Morgan fingerprint density at radius 2 is 1.90 bits per heavy atom. The molecule has 3 nitrogen and oxygen atoms in total. The van der Waals surface area contributed by atoms with Gasteiger partial charge in [0.25, 0.3) is 0 Å². The average molecular weight is 290 g/mol. The van der Waals surface area contributed by atoms with Crippen LogP contribution in [0, 0.1) is 11.8 Å². The summed E-state index contributed by atoms with van der Waals surface area (Å²) in [4.78, 5) is 2.45. The van der Waals surface area contributed by atoms with E-state index in [9.17, 15) is 0 Å². The van der Waals surface area contributed by atoms with Crippen molar-refractivity contribution in [3.05, 3.63) is 29.8 Å². The van der Waals surface area contributed by atoms with Gasteiger partial charge in [-0.05, 0) is 63.9 Å². The van der Waals surface area contributed by atoms with E-state index < -0.39 is 0 Å². The Morgan fingerprint density at radius 1 is 1.29 bits per heavy atom. The van der Waals surface area contributed by atoms with Gasteiger partial charge in [-0.15, -0.1) is 0 Å². The molecule has 0 spiro atoms. The Balaban J connectivity index is 1.90. The number of nitrogens with zero attached hydrogens (tertiary/aromatic N) is 1. The predicted octanol–water partition coefficient (Wildman–Crippen LogP) is 3.32. The van der Waals surface area contributed by atoms with Gasteiger partial charge >= 0.3 is 0 Å². The number of likely N-dealkylation sites (N-methyl/N-ethyl adjacent to an activating group) is 2. The summed E-state index contributed by atoms with van der Waals surface area (Å²) < 4.78 is 5.71. The lowest BCUT2D eigenvalue weighted by atomic mass is 10.1. The molecule has 0 saturated heterocycles. The molecule has 0 radical (unpaired) electrons. The number of benzene rings is 1. The fourth-order valence-corrected chi connectivity index (χ4v) is 2.85. The standard InChI is InChI=1S/C18H30N2O/c1-13(2)21-17-8-6-15(7-9-17)18(19-4)12-20(5)11-16-10-14(16)3/h6-9,13-14,16,18-19H,10-12H2,1-5H3. The minimum absolute atomic E-state index is 0.225. The minimum Gasteiger partial charge on any atom is -0.491 e. The zero-order chi connectivity index (χ0) is 15.4. The normalized spacial score (nSPS) is 22.6. The number of rotatable bonds is 8. The molecule has 3 heteroatoms. The quantitative estimate of drug-likeness (QED) is 0.795. The maximum atomic E-state index is 5.71. The predicted molar refractivity (Wildman–Crippen MR) is 88.8 cm³/mol. The summed E-state index contributed by atoms with van der Waals surface area (Å²) in [6.07, 6.45) is 1.62. The first-order chi connectivity index (χ1) is 9.99.